The van der Waals surface area contributed by atoms with Gasteiger partial charge in [0.15, 0.2) is 0 Å². The zero-order chi connectivity index (χ0) is 16.8. The van der Waals surface area contributed by atoms with Gasteiger partial charge in [0.25, 0.3) is 5.91 Å². The number of aromatic nitrogens is 2. The summed E-state index contributed by atoms with van der Waals surface area (Å²) in [4.78, 5) is 14.6. The number of nitrogens with zero attached hydrogens (tertiary/aromatic N) is 2. The van der Waals surface area contributed by atoms with Gasteiger partial charge >= 0.3 is 0 Å². The van der Waals surface area contributed by atoms with Gasteiger partial charge in [-0.2, -0.15) is 5.10 Å². The summed E-state index contributed by atoms with van der Waals surface area (Å²) in [6.45, 7) is 1.23. The molecule has 25 heavy (non-hydrogen) atoms. The number of benzene rings is 1. The van der Waals surface area contributed by atoms with Crippen LogP contribution in [0, 0.1) is 23.5 Å². The van der Waals surface area contributed by atoms with Crippen molar-refractivity contribution in [1.82, 2.24) is 15.1 Å². The molecule has 1 aromatic carbocycles. The van der Waals surface area contributed by atoms with Crippen LogP contribution in [0.2, 0.25) is 0 Å². The normalized spacial score (nSPS) is 24.9. The minimum absolute atomic E-state index is 0. The number of carbonyl (C=O) groups is 1. The van der Waals surface area contributed by atoms with E-state index >= 15 is 0 Å². The molecule has 3 unspecified atom stereocenters. The van der Waals surface area contributed by atoms with E-state index in [-0.39, 0.29) is 41.2 Å². The molecule has 1 aliphatic heterocycles. The summed E-state index contributed by atoms with van der Waals surface area (Å²) >= 11 is 0. The molecule has 1 aliphatic carbocycles. The average Bonchev–Trinajstić information content (AvgIpc) is 3.25. The Balaban J connectivity index is 0.00000182. The molecule has 2 aliphatic rings. The molecule has 2 fully saturated rings. The Hall–Kier alpha value is -1.99. The van der Waals surface area contributed by atoms with Crippen molar-refractivity contribution in [1.29, 1.82) is 0 Å². The Morgan fingerprint density at radius 1 is 1.24 bits per heavy atom. The molecular formula is C17H19ClF2N4O. The molecular weight excluding hydrogens is 350 g/mol. The minimum atomic E-state index is -0.728. The minimum Gasteiger partial charge on any atom is -0.338 e. The number of rotatable bonds is 2. The Morgan fingerprint density at radius 3 is 2.64 bits per heavy atom. The zero-order valence-corrected chi connectivity index (χ0v) is 14.2. The number of nitrogens with one attached hydrogen (secondary N) is 1. The maximum Gasteiger partial charge on any atom is 0.257 e. The highest BCUT2D eigenvalue weighted by molar-refractivity contribution is 6.00. The summed E-state index contributed by atoms with van der Waals surface area (Å²) in [6.07, 6.45) is 3.35. The first-order chi connectivity index (χ1) is 11.6. The van der Waals surface area contributed by atoms with Gasteiger partial charge < -0.3 is 10.6 Å². The number of halogens is 3. The van der Waals surface area contributed by atoms with Crippen molar-refractivity contribution < 1.29 is 13.6 Å². The topological polar surface area (TPSA) is 75.0 Å². The molecule has 1 aromatic heterocycles. The van der Waals surface area contributed by atoms with Crippen molar-refractivity contribution in [2.24, 2.45) is 17.6 Å². The van der Waals surface area contributed by atoms with E-state index in [1.807, 2.05) is 0 Å². The van der Waals surface area contributed by atoms with Gasteiger partial charge in [-0.3, -0.25) is 9.89 Å². The van der Waals surface area contributed by atoms with Crippen LogP contribution in [-0.4, -0.2) is 40.1 Å². The van der Waals surface area contributed by atoms with Crippen molar-refractivity contribution in [2.45, 2.75) is 18.9 Å². The summed E-state index contributed by atoms with van der Waals surface area (Å²) in [5.41, 5.74) is 6.12. The number of aromatic amines is 1. The third kappa shape index (κ3) is 2.91. The standard InChI is InChI=1S/C17H18F2N4O.ClH/c18-12-2-1-3-13(19)15(12)16-10(6-21-22-16)17(24)23-7-9-4-5-14(20)11(9)8-23;/h1-3,6,9,11,14H,4-5,7-8,20H2,(H,21,22);1H. The van der Waals surface area contributed by atoms with Gasteiger partial charge in [0, 0.05) is 19.1 Å². The smallest absolute Gasteiger partial charge is 0.257 e. The molecule has 1 saturated heterocycles. The first-order valence-corrected chi connectivity index (χ1v) is 8.09. The van der Waals surface area contributed by atoms with Gasteiger partial charge in [-0.1, -0.05) is 6.07 Å². The zero-order valence-electron chi connectivity index (χ0n) is 13.4. The highest BCUT2D eigenvalue weighted by Gasteiger charge is 2.43. The van der Waals surface area contributed by atoms with Crippen LogP contribution in [0.25, 0.3) is 11.3 Å². The Bertz CT molecular complexity index is 776. The van der Waals surface area contributed by atoms with Gasteiger partial charge in [0.1, 0.15) is 11.6 Å². The number of H-pyrrole nitrogens is 1. The van der Waals surface area contributed by atoms with Crippen LogP contribution in [0.4, 0.5) is 8.78 Å². The van der Waals surface area contributed by atoms with Crippen LogP contribution in [0.3, 0.4) is 0 Å². The van der Waals surface area contributed by atoms with E-state index in [4.69, 9.17) is 5.73 Å². The molecule has 0 bridgehead atoms. The molecule has 0 radical (unpaired) electrons. The van der Waals surface area contributed by atoms with Crippen LogP contribution < -0.4 is 5.73 Å². The first kappa shape index (κ1) is 17.8. The van der Waals surface area contributed by atoms with E-state index in [0.717, 1.165) is 25.0 Å². The maximum atomic E-state index is 14.0. The van der Waals surface area contributed by atoms with Crippen LogP contribution in [0.5, 0.6) is 0 Å². The Morgan fingerprint density at radius 2 is 1.96 bits per heavy atom. The molecule has 2 aromatic rings. The molecule has 2 heterocycles. The van der Waals surface area contributed by atoms with Crippen molar-refractivity contribution in [3.05, 3.63) is 41.6 Å². The van der Waals surface area contributed by atoms with Crippen molar-refractivity contribution >= 4 is 18.3 Å². The second-order valence-electron chi connectivity index (χ2n) is 6.63. The van der Waals surface area contributed by atoms with Crippen LogP contribution >= 0.6 is 12.4 Å². The summed E-state index contributed by atoms with van der Waals surface area (Å²) in [7, 11) is 0. The molecule has 0 spiro atoms. The van der Waals surface area contributed by atoms with E-state index in [1.165, 1.54) is 12.3 Å². The quantitative estimate of drug-likeness (QED) is 0.855. The lowest BCUT2D eigenvalue weighted by Crippen LogP contribution is -2.33. The summed E-state index contributed by atoms with van der Waals surface area (Å²) in [6, 6.07) is 3.73. The number of amides is 1. The average molecular weight is 369 g/mol. The summed E-state index contributed by atoms with van der Waals surface area (Å²) < 4.78 is 28.1. The van der Waals surface area contributed by atoms with E-state index in [9.17, 15) is 13.6 Å². The molecule has 1 saturated carbocycles. The number of fused-ring (bicyclic) bond motifs is 1. The fourth-order valence-corrected chi connectivity index (χ4v) is 4.02. The molecule has 3 N–H and O–H groups in total. The van der Waals surface area contributed by atoms with Crippen LogP contribution in [0.1, 0.15) is 23.2 Å². The van der Waals surface area contributed by atoms with E-state index in [0.29, 0.717) is 24.9 Å². The Kier molecular flexibility index (Phi) is 4.79. The fourth-order valence-electron chi connectivity index (χ4n) is 4.02. The lowest BCUT2D eigenvalue weighted by Gasteiger charge is -2.19. The monoisotopic (exact) mass is 368 g/mol. The second-order valence-corrected chi connectivity index (χ2v) is 6.63. The lowest BCUT2D eigenvalue weighted by molar-refractivity contribution is 0.0780. The predicted molar refractivity (Wildman–Crippen MR) is 91.3 cm³/mol. The van der Waals surface area contributed by atoms with Gasteiger partial charge in [-0.05, 0) is 36.8 Å². The van der Waals surface area contributed by atoms with Gasteiger partial charge in [-0.25, -0.2) is 8.78 Å². The number of hydrogen-bond donors (Lipinski definition) is 2. The van der Waals surface area contributed by atoms with E-state index < -0.39 is 11.6 Å². The molecule has 134 valence electrons. The summed E-state index contributed by atoms with van der Waals surface area (Å²) in [5.74, 6) is -0.982. The van der Waals surface area contributed by atoms with Gasteiger partial charge in [-0.15, -0.1) is 12.4 Å². The highest BCUT2D eigenvalue weighted by atomic mass is 35.5. The Labute approximate surface area is 150 Å². The summed E-state index contributed by atoms with van der Waals surface area (Å²) in [5, 5.41) is 6.39. The van der Waals surface area contributed by atoms with Crippen LogP contribution in [-0.2, 0) is 0 Å². The molecule has 1 amide bonds. The second kappa shape index (κ2) is 6.72. The van der Waals surface area contributed by atoms with E-state index in [2.05, 4.69) is 10.2 Å². The lowest BCUT2D eigenvalue weighted by atomic mass is 9.98. The highest BCUT2D eigenvalue weighted by Crippen LogP contribution is 2.38. The van der Waals surface area contributed by atoms with Crippen molar-refractivity contribution in [3.63, 3.8) is 0 Å². The van der Waals surface area contributed by atoms with Crippen LogP contribution in [0.15, 0.2) is 24.4 Å². The van der Waals surface area contributed by atoms with Crippen molar-refractivity contribution in [2.75, 3.05) is 13.1 Å². The fraction of sp³-hybridized carbons (Fsp3) is 0.412. The maximum absolute atomic E-state index is 14.0. The first-order valence-electron chi connectivity index (χ1n) is 8.09. The SMILES string of the molecule is Cl.NC1CCC2CN(C(=O)c3cn[nH]c3-c3c(F)cccc3F)CC12. The third-order valence-corrected chi connectivity index (χ3v) is 5.28. The van der Waals surface area contributed by atoms with E-state index in [1.54, 1.807) is 4.90 Å². The van der Waals surface area contributed by atoms with Gasteiger partial charge in [0.05, 0.1) is 23.0 Å². The molecule has 4 rings (SSSR count). The predicted octanol–water partition coefficient (Wildman–Crippen LogP) is 2.59. The molecule has 5 nitrogen and oxygen atoms in total. The number of nitrogens with two attached hydrogens (primary N) is 1. The number of carbonyl (C=O) groups excluding carboxylic acids is 1. The number of likely N-dealkylation sites (tertiary alicyclic amines) is 1. The largest absolute Gasteiger partial charge is 0.338 e. The third-order valence-electron chi connectivity index (χ3n) is 5.28. The van der Waals surface area contributed by atoms with Gasteiger partial charge in [0.2, 0.25) is 0 Å². The molecule has 3 atom stereocenters. The van der Waals surface area contributed by atoms with Crippen molar-refractivity contribution in [3.8, 4) is 11.3 Å². The number of hydrogen-bond acceptors (Lipinski definition) is 3. The molecule has 8 heteroatoms.